The van der Waals surface area contributed by atoms with Crippen molar-refractivity contribution in [3.8, 4) is 0 Å². The summed E-state index contributed by atoms with van der Waals surface area (Å²) in [5.74, 6) is -0.947. The Bertz CT molecular complexity index is 221. The molecule has 4 heteroatoms. The number of rotatable bonds is 5. The molecule has 2 atom stereocenters. The second-order valence-corrected chi connectivity index (χ2v) is 3.63. The molecule has 1 rings (SSSR count). The highest BCUT2D eigenvalue weighted by Gasteiger charge is 2.22. The van der Waals surface area contributed by atoms with Gasteiger partial charge in [-0.1, -0.05) is 6.58 Å². The molecule has 1 aliphatic heterocycles. The Kier molecular flexibility index (Phi) is 4.10. The van der Waals surface area contributed by atoms with Gasteiger partial charge in [0.15, 0.2) is 0 Å². The van der Waals surface area contributed by atoms with E-state index in [-0.39, 0.29) is 17.7 Å². The maximum Gasteiger partial charge on any atom is 0.332 e. The van der Waals surface area contributed by atoms with Gasteiger partial charge >= 0.3 is 5.97 Å². The van der Waals surface area contributed by atoms with Gasteiger partial charge in [-0.15, -0.1) is 0 Å². The molecule has 80 valence electrons. The van der Waals surface area contributed by atoms with Gasteiger partial charge in [0.1, 0.15) is 0 Å². The van der Waals surface area contributed by atoms with Crippen LogP contribution >= 0.6 is 0 Å². The fourth-order valence-corrected chi connectivity index (χ4v) is 1.49. The molecule has 0 spiro atoms. The van der Waals surface area contributed by atoms with Gasteiger partial charge in [0.2, 0.25) is 0 Å². The first kappa shape index (κ1) is 11.2. The fourth-order valence-electron chi connectivity index (χ4n) is 1.49. The normalized spacial score (nSPS) is 23.4. The van der Waals surface area contributed by atoms with Crippen molar-refractivity contribution in [2.24, 2.45) is 0 Å². The highest BCUT2D eigenvalue weighted by Crippen LogP contribution is 2.15. The van der Waals surface area contributed by atoms with E-state index < -0.39 is 5.97 Å². The Balaban J connectivity index is 2.23. The second-order valence-electron chi connectivity index (χ2n) is 3.63. The Morgan fingerprint density at radius 1 is 1.79 bits per heavy atom. The minimum Gasteiger partial charge on any atom is -0.478 e. The van der Waals surface area contributed by atoms with E-state index >= 15 is 0 Å². The number of hydrogen-bond donors (Lipinski definition) is 2. The molecule has 0 aromatic rings. The van der Waals surface area contributed by atoms with E-state index in [0.717, 1.165) is 19.4 Å². The topological polar surface area (TPSA) is 58.6 Å². The number of hydrogen-bond acceptors (Lipinski definition) is 3. The van der Waals surface area contributed by atoms with Gasteiger partial charge in [-0.3, -0.25) is 0 Å². The monoisotopic (exact) mass is 199 g/mol. The van der Waals surface area contributed by atoms with Crippen LogP contribution in [0.1, 0.15) is 19.8 Å². The lowest BCUT2D eigenvalue weighted by Crippen LogP contribution is -2.38. The maximum absolute atomic E-state index is 10.5. The van der Waals surface area contributed by atoms with E-state index in [9.17, 15) is 4.79 Å². The van der Waals surface area contributed by atoms with Crippen LogP contribution in [0, 0.1) is 0 Å². The van der Waals surface area contributed by atoms with E-state index in [0.29, 0.717) is 6.54 Å². The molecule has 0 aliphatic carbocycles. The zero-order valence-electron chi connectivity index (χ0n) is 8.45. The molecule has 0 aromatic carbocycles. The Morgan fingerprint density at radius 2 is 2.50 bits per heavy atom. The minimum atomic E-state index is -0.947. The highest BCUT2D eigenvalue weighted by molar-refractivity contribution is 5.86. The number of nitrogens with one attached hydrogen (secondary N) is 1. The number of carbonyl (C=O) groups is 1. The van der Waals surface area contributed by atoms with E-state index in [1.54, 1.807) is 0 Å². The third kappa shape index (κ3) is 3.12. The van der Waals surface area contributed by atoms with Crippen molar-refractivity contribution < 1.29 is 14.6 Å². The van der Waals surface area contributed by atoms with Crippen molar-refractivity contribution in [2.45, 2.75) is 31.9 Å². The molecule has 0 amide bonds. The van der Waals surface area contributed by atoms with Crippen LogP contribution in [0.15, 0.2) is 12.2 Å². The quantitative estimate of drug-likeness (QED) is 0.642. The SMILES string of the molecule is C=C(CNC(C)C1CCCO1)C(=O)O. The summed E-state index contributed by atoms with van der Waals surface area (Å²) < 4.78 is 5.47. The van der Waals surface area contributed by atoms with Crippen LogP contribution in [0.5, 0.6) is 0 Å². The first-order valence-corrected chi connectivity index (χ1v) is 4.87. The standard InChI is InChI=1S/C10H17NO3/c1-7(10(12)13)6-11-8(2)9-4-3-5-14-9/h8-9,11H,1,3-6H2,2H3,(H,12,13). The van der Waals surface area contributed by atoms with Crippen molar-refractivity contribution in [1.82, 2.24) is 5.32 Å². The highest BCUT2D eigenvalue weighted by atomic mass is 16.5. The van der Waals surface area contributed by atoms with Crippen molar-refractivity contribution in [2.75, 3.05) is 13.2 Å². The third-order valence-electron chi connectivity index (χ3n) is 2.46. The summed E-state index contributed by atoms with van der Waals surface area (Å²) in [6.07, 6.45) is 2.36. The first-order valence-electron chi connectivity index (χ1n) is 4.87. The van der Waals surface area contributed by atoms with Gasteiger partial charge in [-0.05, 0) is 19.8 Å². The lowest BCUT2D eigenvalue weighted by molar-refractivity contribution is -0.132. The van der Waals surface area contributed by atoms with Gasteiger partial charge in [0.05, 0.1) is 6.10 Å². The predicted octanol–water partition coefficient (Wildman–Crippen LogP) is 0.784. The Hall–Kier alpha value is -0.870. The molecule has 2 N–H and O–H groups in total. The fraction of sp³-hybridized carbons (Fsp3) is 0.700. The smallest absolute Gasteiger partial charge is 0.332 e. The summed E-state index contributed by atoms with van der Waals surface area (Å²) in [4.78, 5) is 10.5. The minimum absolute atomic E-state index is 0.189. The molecule has 1 fully saturated rings. The first-order chi connectivity index (χ1) is 6.61. The summed E-state index contributed by atoms with van der Waals surface area (Å²) in [5.41, 5.74) is 0.190. The number of ether oxygens (including phenoxy) is 1. The average molecular weight is 199 g/mol. The molecule has 0 saturated carbocycles. The van der Waals surface area contributed by atoms with Crippen LogP contribution in [0.4, 0.5) is 0 Å². The molecular formula is C10H17NO3. The molecule has 1 aliphatic rings. The maximum atomic E-state index is 10.5. The lowest BCUT2D eigenvalue weighted by Gasteiger charge is -2.19. The van der Waals surface area contributed by atoms with Crippen LogP contribution in [-0.2, 0) is 9.53 Å². The molecular weight excluding hydrogens is 182 g/mol. The van der Waals surface area contributed by atoms with Crippen molar-refractivity contribution in [3.05, 3.63) is 12.2 Å². The number of carboxylic acids is 1. The van der Waals surface area contributed by atoms with Crippen LogP contribution in [0.25, 0.3) is 0 Å². The van der Waals surface area contributed by atoms with Gasteiger partial charge in [-0.25, -0.2) is 4.79 Å². The molecule has 0 radical (unpaired) electrons. The predicted molar refractivity (Wildman–Crippen MR) is 53.2 cm³/mol. The summed E-state index contributed by atoms with van der Waals surface area (Å²) >= 11 is 0. The van der Waals surface area contributed by atoms with Crippen LogP contribution in [0.3, 0.4) is 0 Å². The molecule has 0 aromatic heterocycles. The summed E-state index contributed by atoms with van der Waals surface area (Å²) in [6.45, 7) is 6.59. The van der Waals surface area contributed by atoms with Gasteiger partial charge in [-0.2, -0.15) is 0 Å². The van der Waals surface area contributed by atoms with E-state index in [1.807, 2.05) is 6.92 Å². The van der Waals surface area contributed by atoms with E-state index in [4.69, 9.17) is 9.84 Å². The van der Waals surface area contributed by atoms with E-state index in [1.165, 1.54) is 0 Å². The zero-order valence-corrected chi connectivity index (χ0v) is 8.45. The van der Waals surface area contributed by atoms with E-state index in [2.05, 4.69) is 11.9 Å². The molecule has 1 heterocycles. The Morgan fingerprint density at radius 3 is 3.00 bits per heavy atom. The molecule has 4 nitrogen and oxygen atoms in total. The van der Waals surface area contributed by atoms with Gasteiger partial charge in [0, 0.05) is 24.8 Å². The number of carboxylic acid groups (broad SMARTS) is 1. The van der Waals surface area contributed by atoms with Gasteiger partial charge in [0.25, 0.3) is 0 Å². The number of aliphatic carboxylic acids is 1. The van der Waals surface area contributed by atoms with Crippen LogP contribution < -0.4 is 5.32 Å². The van der Waals surface area contributed by atoms with Crippen LogP contribution in [-0.4, -0.2) is 36.4 Å². The van der Waals surface area contributed by atoms with Crippen LogP contribution in [0.2, 0.25) is 0 Å². The molecule has 2 unspecified atom stereocenters. The molecule has 14 heavy (non-hydrogen) atoms. The molecule has 0 bridgehead atoms. The second kappa shape index (κ2) is 5.12. The third-order valence-corrected chi connectivity index (χ3v) is 2.46. The van der Waals surface area contributed by atoms with Crippen molar-refractivity contribution in [3.63, 3.8) is 0 Å². The lowest BCUT2D eigenvalue weighted by atomic mass is 10.1. The van der Waals surface area contributed by atoms with Gasteiger partial charge < -0.3 is 15.2 Å². The largest absolute Gasteiger partial charge is 0.478 e. The molecule has 1 saturated heterocycles. The zero-order chi connectivity index (χ0) is 10.6. The summed E-state index contributed by atoms with van der Waals surface area (Å²) in [7, 11) is 0. The average Bonchev–Trinajstić information content (AvgIpc) is 2.66. The summed E-state index contributed by atoms with van der Waals surface area (Å²) in [5, 5.41) is 11.7. The van der Waals surface area contributed by atoms with Crippen molar-refractivity contribution >= 4 is 5.97 Å². The van der Waals surface area contributed by atoms with Crippen molar-refractivity contribution in [1.29, 1.82) is 0 Å². The summed E-state index contributed by atoms with van der Waals surface area (Å²) in [6, 6.07) is 0.189. The Labute approximate surface area is 83.9 Å².